The van der Waals surface area contributed by atoms with Gasteiger partial charge in [0.2, 0.25) is 5.91 Å². The average molecular weight is 315 g/mol. The van der Waals surface area contributed by atoms with E-state index in [1.807, 2.05) is 13.8 Å². The number of carbonyl (C=O) groups is 2. The molecule has 0 aromatic rings. The van der Waals surface area contributed by atoms with Crippen molar-refractivity contribution in [3.05, 3.63) is 0 Å². The molecule has 0 bridgehead atoms. The first kappa shape index (κ1) is 21.1. The summed E-state index contributed by atoms with van der Waals surface area (Å²) in [4.78, 5) is 22.0. The van der Waals surface area contributed by atoms with Crippen molar-refractivity contribution in [1.82, 2.24) is 5.32 Å². The summed E-state index contributed by atoms with van der Waals surface area (Å²) in [5.74, 6) is 0.289. The van der Waals surface area contributed by atoms with Crippen LogP contribution in [0.25, 0.3) is 0 Å². The number of hydrogen-bond donors (Lipinski definition) is 1. The number of ketones is 1. The molecule has 0 atom stereocenters. The lowest BCUT2D eigenvalue weighted by Crippen LogP contribution is -2.23. The molecule has 22 heavy (non-hydrogen) atoms. The van der Waals surface area contributed by atoms with Gasteiger partial charge in [-0.25, -0.2) is 0 Å². The van der Waals surface area contributed by atoms with Gasteiger partial charge in [-0.1, -0.05) is 13.8 Å². The van der Waals surface area contributed by atoms with Crippen LogP contribution in [0.1, 0.15) is 65.2 Å². The first-order chi connectivity index (χ1) is 10.7. The van der Waals surface area contributed by atoms with Gasteiger partial charge in [0.05, 0.1) is 0 Å². The third-order valence-electron chi connectivity index (χ3n) is 3.34. The molecule has 0 aromatic heterocycles. The van der Waals surface area contributed by atoms with Crippen LogP contribution in [0.15, 0.2) is 0 Å². The molecule has 0 spiro atoms. The van der Waals surface area contributed by atoms with Crippen molar-refractivity contribution >= 4 is 11.7 Å². The van der Waals surface area contributed by atoms with E-state index in [2.05, 4.69) is 5.32 Å². The van der Waals surface area contributed by atoms with Crippen LogP contribution in [0.4, 0.5) is 0 Å². The normalized spacial score (nSPS) is 10.6. The Labute approximate surface area is 135 Å². The smallest absolute Gasteiger partial charge is 0.219 e. The van der Waals surface area contributed by atoms with Gasteiger partial charge in [0.1, 0.15) is 6.61 Å². The van der Waals surface area contributed by atoms with E-state index in [-0.39, 0.29) is 18.3 Å². The Morgan fingerprint density at radius 2 is 1.36 bits per heavy atom. The molecule has 0 saturated carbocycles. The van der Waals surface area contributed by atoms with Gasteiger partial charge in [-0.15, -0.1) is 0 Å². The zero-order valence-corrected chi connectivity index (χ0v) is 14.3. The van der Waals surface area contributed by atoms with Crippen molar-refractivity contribution in [3.8, 4) is 0 Å². The van der Waals surface area contributed by atoms with Crippen LogP contribution < -0.4 is 5.32 Å². The van der Waals surface area contributed by atoms with E-state index in [0.29, 0.717) is 19.4 Å². The summed E-state index contributed by atoms with van der Waals surface area (Å²) < 4.78 is 10.8. The number of nitrogens with one attached hydrogen (secondary N) is 1. The zero-order chi connectivity index (χ0) is 16.5. The third kappa shape index (κ3) is 15.4. The number of Topliss-reactive ketones (excluding diaryl/α,β-unsaturated/α-hetero) is 1. The minimum atomic E-state index is 0.124. The molecule has 1 amide bonds. The number of carbonyl (C=O) groups excluding carboxylic acids is 2. The lowest BCUT2D eigenvalue weighted by molar-refractivity contribution is -0.123. The Morgan fingerprint density at radius 1 is 0.773 bits per heavy atom. The third-order valence-corrected chi connectivity index (χ3v) is 3.34. The first-order valence-corrected chi connectivity index (χ1v) is 8.64. The molecule has 5 nitrogen and oxygen atoms in total. The fraction of sp³-hybridized carbons (Fsp3) is 0.882. The summed E-state index contributed by atoms with van der Waals surface area (Å²) in [6, 6.07) is 0. The maximum atomic E-state index is 11.0. The molecule has 0 radical (unpaired) electrons. The summed E-state index contributed by atoms with van der Waals surface area (Å²) in [6.07, 6.45) is 7.36. The van der Waals surface area contributed by atoms with Crippen LogP contribution in [0, 0.1) is 0 Å². The molecule has 0 aliphatic carbocycles. The van der Waals surface area contributed by atoms with Gasteiger partial charge < -0.3 is 14.8 Å². The Bertz CT molecular complexity index is 254. The predicted molar refractivity (Wildman–Crippen MR) is 87.9 cm³/mol. The van der Waals surface area contributed by atoms with Crippen LogP contribution >= 0.6 is 0 Å². The Kier molecular flexibility index (Phi) is 15.7. The highest BCUT2D eigenvalue weighted by molar-refractivity contribution is 5.79. The summed E-state index contributed by atoms with van der Waals surface area (Å²) in [6.45, 7) is 6.99. The van der Waals surface area contributed by atoms with Gasteiger partial charge >= 0.3 is 0 Å². The standard InChI is InChI=1S/C17H33NO4/c1-3-16(19)15-22-14-10-6-9-13-21-12-8-5-7-11-18-17(20)4-2/h3-15H2,1-2H3,(H,18,20). The highest BCUT2D eigenvalue weighted by atomic mass is 16.5. The second-order valence-corrected chi connectivity index (χ2v) is 5.38. The summed E-state index contributed by atoms with van der Waals surface area (Å²) in [5.41, 5.74) is 0. The SMILES string of the molecule is CCC(=O)COCCCCCOCCCCCNC(=O)CC. The molecule has 0 rings (SSSR count). The topological polar surface area (TPSA) is 64.6 Å². The second-order valence-electron chi connectivity index (χ2n) is 5.38. The lowest BCUT2D eigenvalue weighted by Gasteiger charge is -2.06. The number of amides is 1. The van der Waals surface area contributed by atoms with E-state index in [9.17, 15) is 9.59 Å². The predicted octanol–water partition coefficient (Wildman–Crippen LogP) is 2.87. The van der Waals surface area contributed by atoms with Gasteiger partial charge in [0.25, 0.3) is 0 Å². The minimum absolute atomic E-state index is 0.124. The Balaban J connectivity index is 3.05. The summed E-state index contributed by atoms with van der Waals surface area (Å²) in [5, 5.41) is 2.87. The summed E-state index contributed by atoms with van der Waals surface area (Å²) in [7, 11) is 0. The van der Waals surface area contributed by atoms with Gasteiger partial charge in [0.15, 0.2) is 5.78 Å². The van der Waals surface area contributed by atoms with Crippen molar-refractivity contribution in [2.45, 2.75) is 65.2 Å². The monoisotopic (exact) mass is 315 g/mol. The van der Waals surface area contributed by atoms with Crippen LogP contribution in [0.2, 0.25) is 0 Å². The van der Waals surface area contributed by atoms with Crippen molar-refractivity contribution < 1.29 is 19.1 Å². The Morgan fingerprint density at radius 3 is 1.95 bits per heavy atom. The van der Waals surface area contributed by atoms with E-state index < -0.39 is 0 Å². The molecule has 0 saturated heterocycles. The van der Waals surface area contributed by atoms with Crippen LogP contribution in [-0.2, 0) is 19.1 Å². The maximum Gasteiger partial charge on any atom is 0.219 e. The highest BCUT2D eigenvalue weighted by Gasteiger charge is 1.98. The number of rotatable bonds is 16. The molecule has 0 aliphatic rings. The van der Waals surface area contributed by atoms with Crippen LogP contribution in [0.3, 0.4) is 0 Å². The first-order valence-electron chi connectivity index (χ1n) is 8.64. The molecular weight excluding hydrogens is 282 g/mol. The molecular formula is C17H33NO4. The molecule has 1 N–H and O–H groups in total. The fourth-order valence-electron chi connectivity index (χ4n) is 1.83. The number of unbranched alkanes of at least 4 members (excludes halogenated alkanes) is 4. The molecule has 5 heteroatoms. The van der Waals surface area contributed by atoms with E-state index in [1.54, 1.807) is 0 Å². The van der Waals surface area contributed by atoms with Crippen molar-refractivity contribution in [2.24, 2.45) is 0 Å². The van der Waals surface area contributed by atoms with Crippen LogP contribution in [-0.4, -0.2) is 44.7 Å². The van der Waals surface area contributed by atoms with Crippen molar-refractivity contribution in [1.29, 1.82) is 0 Å². The van der Waals surface area contributed by atoms with Crippen molar-refractivity contribution in [2.75, 3.05) is 33.0 Å². The largest absolute Gasteiger partial charge is 0.381 e. The van der Waals surface area contributed by atoms with Gasteiger partial charge in [-0.2, -0.15) is 0 Å². The molecule has 0 aromatic carbocycles. The molecule has 0 unspecified atom stereocenters. The molecule has 0 aliphatic heterocycles. The maximum absolute atomic E-state index is 11.0. The molecule has 0 heterocycles. The van der Waals surface area contributed by atoms with Gasteiger partial charge in [-0.05, 0) is 38.5 Å². The number of hydrogen-bond acceptors (Lipinski definition) is 4. The minimum Gasteiger partial charge on any atom is -0.381 e. The van der Waals surface area contributed by atoms with E-state index in [0.717, 1.165) is 58.3 Å². The second kappa shape index (κ2) is 16.4. The average Bonchev–Trinajstić information content (AvgIpc) is 2.54. The summed E-state index contributed by atoms with van der Waals surface area (Å²) >= 11 is 0. The van der Waals surface area contributed by atoms with Crippen molar-refractivity contribution in [3.63, 3.8) is 0 Å². The van der Waals surface area contributed by atoms with E-state index in [4.69, 9.17) is 9.47 Å². The number of ether oxygens (including phenoxy) is 2. The van der Waals surface area contributed by atoms with Gasteiger partial charge in [0, 0.05) is 39.2 Å². The zero-order valence-electron chi connectivity index (χ0n) is 14.3. The highest BCUT2D eigenvalue weighted by Crippen LogP contribution is 1.99. The van der Waals surface area contributed by atoms with E-state index >= 15 is 0 Å². The molecule has 0 fully saturated rings. The van der Waals surface area contributed by atoms with Gasteiger partial charge in [-0.3, -0.25) is 9.59 Å². The van der Waals surface area contributed by atoms with E-state index in [1.165, 1.54) is 0 Å². The lowest BCUT2D eigenvalue weighted by atomic mass is 10.2. The quantitative estimate of drug-likeness (QED) is 0.445. The Hall–Kier alpha value is -0.940. The van der Waals surface area contributed by atoms with Crippen LogP contribution in [0.5, 0.6) is 0 Å². The molecule has 130 valence electrons. The fourth-order valence-corrected chi connectivity index (χ4v) is 1.83.